The van der Waals surface area contributed by atoms with E-state index >= 15 is 0 Å². The van der Waals surface area contributed by atoms with E-state index in [0.29, 0.717) is 30.9 Å². The zero-order chi connectivity index (χ0) is 26.5. The lowest BCUT2D eigenvalue weighted by Gasteiger charge is -2.39. The molecule has 4 atom stereocenters. The number of aliphatic carboxylic acids is 1. The Hall–Kier alpha value is -3.35. The Bertz CT molecular complexity index is 1020. The van der Waals surface area contributed by atoms with Crippen LogP contribution in [0.2, 0.25) is 0 Å². The Labute approximate surface area is 214 Å². The van der Waals surface area contributed by atoms with Crippen LogP contribution in [0.15, 0.2) is 24.8 Å². The minimum absolute atomic E-state index is 0.0775. The number of carbonyl (C=O) groups excluding carboxylic acids is 2. The maximum absolute atomic E-state index is 13.9. The minimum atomic E-state index is -1.15. The molecule has 3 aliphatic heterocycles. The lowest BCUT2D eigenvalue weighted by atomic mass is 10.1. The van der Waals surface area contributed by atoms with Crippen LogP contribution in [-0.2, 0) is 23.7 Å². The second kappa shape index (κ2) is 11.8. The number of nitrogens with zero attached hydrogens (tertiary/aromatic N) is 2. The number of hydrogen-bond donors (Lipinski definition) is 1. The summed E-state index contributed by atoms with van der Waals surface area (Å²) in [5, 5.41) is 9.22. The average Bonchev–Trinajstić information content (AvgIpc) is 3.30. The number of rotatable bonds is 9. The number of hydrogen-bond acceptors (Lipinski definition) is 9. The molecule has 2 amide bonds. The van der Waals surface area contributed by atoms with Crippen LogP contribution in [0.25, 0.3) is 0 Å². The molecule has 0 aliphatic carbocycles. The first kappa shape index (κ1) is 26.7. The molecule has 0 bridgehead atoms. The third-order valence-electron chi connectivity index (χ3n) is 6.57. The van der Waals surface area contributed by atoms with Crippen molar-refractivity contribution in [2.45, 2.75) is 50.3 Å². The third-order valence-corrected chi connectivity index (χ3v) is 6.57. The number of carboxylic acids is 1. The molecule has 2 saturated heterocycles. The van der Waals surface area contributed by atoms with Crippen molar-refractivity contribution in [3.05, 3.63) is 30.4 Å². The monoisotopic (exact) mass is 520 g/mol. The molecule has 1 aromatic rings. The highest BCUT2D eigenvalue weighted by atomic mass is 16.7. The van der Waals surface area contributed by atoms with Gasteiger partial charge in [0.25, 0.3) is 5.91 Å². The van der Waals surface area contributed by atoms with Gasteiger partial charge in [-0.15, -0.1) is 0 Å². The Morgan fingerprint density at radius 1 is 1.19 bits per heavy atom. The summed E-state index contributed by atoms with van der Waals surface area (Å²) in [5.74, 6) is -0.937. The molecule has 37 heavy (non-hydrogen) atoms. The van der Waals surface area contributed by atoms with Crippen LogP contribution in [0.5, 0.6) is 11.5 Å². The molecule has 12 heteroatoms. The molecular formula is C25H32N2O10. The van der Waals surface area contributed by atoms with Gasteiger partial charge in [-0.3, -0.25) is 4.79 Å². The Morgan fingerprint density at radius 2 is 1.95 bits per heavy atom. The molecule has 4 rings (SSSR count). The minimum Gasteiger partial charge on any atom is -0.493 e. The highest BCUT2D eigenvalue weighted by molar-refractivity contribution is 6.06. The second-order valence-electron chi connectivity index (χ2n) is 8.80. The van der Waals surface area contributed by atoms with E-state index in [1.807, 2.05) is 0 Å². The Kier molecular flexibility index (Phi) is 8.52. The predicted octanol–water partition coefficient (Wildman–Crippen LogP) is 2.40. The number of benzene rings is 1. The van der Waals surface area contributed by atoms with E-state index in [1.165, 1.54) is 37.3 Å². The lowest BCUT2D eigenvalue weighted by molar-refractivity contribution is -0.202. The van der Waals surface area contributed by atoms with Crippen LogP contribution in [0.4, 0.5) is 10.5 Å². The van der Waals surface area contributed by atoms with Gasteiger partial charge in [0.15, 0.2) is 24.0 Å². The van der Waals surface area contributed by atoms with Crippen molar-refractivity contribution in [2.24, 2.45) is 0 Å². The standard InChI is InChI=1S/C25H32N2O10/c1-4-10-35-25(31)27-16-13-19(33-3)18(32-2)12-15(16)23(30)26-9-8-17(36-14-20(28)29)22(26)24(27)37-21-7-5-6-11-34-21/h4,12-13,17,21-22,24H,1,5-11,14H2,2-3H3,(H,28,29)/t17-,21?,22-,24?/m0/s1. The largest absolute Gasteiger partial charge is 0.493 e. The predicted molar refractivity (Wildman–Crippen MR) is 129 cm³/mol. The van der Waals surface area contributed by atoms with Crippen molar-refractivity contribution >= 4 is 23.7 Å². The average molecular weight is 521 g/mol. The van der Waals surface area contributed by atoms with E-state index in [0.717, 1.165) is 12.8 Å². The molecule has 2 fully saturated rings. The van der Waals surface area contributed by atoms with Gasteiger partial charge in [0.2, 0.25) is 0 Å². The molecule has 12 nitrogen and oxygen atoms in total. The van der Waals surface area contributed by atoms with Crippen molar-refractivity contribution in [1.29, 1.82) is 0 Å². The van der Waals surface area contributed by atoms with Gasteiger partial charge < -0.3 is 38.4 Å². The molecule has 0 aromatic heterocycles. The molecule has 1 aromatic carbocycles. The highest BCUT2D eigenvalue weighted by Crippen LogP contribution is 2.43. The van der Waals surface area contributed by atoms with Crippen molar-refractivity contribution in [1.82, 2.24) is 4.90 Å². The summed E-state index contributed by atoms with van der Waals surface area (Å²) < 4.78 is 34.2. The topological polar surface area (TPSA) is 133 Å². The maximum atomic E-state index is 13.9. The fourth-order valence-corrected chi connectivity index (χ4v) is 4.92. The molecule has 3 heterocycles. The summed E-state index contributed by atoms with van der Waals surface area (Å²) in [6.07, 6.45) is 0.864. The summed E-state index contributed by atoms with van der Waals surface area (Å²) in [7, 11) is 2.89. The van der Waals surface area contributed by atoms with Crippen LogP contribution in [0, 0.1) is 0 Å². The number of carbonyl (C=O) groups is 3. The van der Waals surface area contributed by atoms with Crippen LogP contribution >= 0.6 is 0 Å². The number of methoxy groups -OCH3 is 2. The first-order valence-corrected chi connectivity index (χ1v) is 12.1. The third kappa shape index (κ3) is 5.50. The number of carboxylic acid groups (broad SMARTS) is 1. The van der Waals surface area contributed by atoms with Gasteiger partial charge in [-0.1, -0.05) is 12.7 Å². The van der Waals surface area contributed by atoms with Gasteiger partial charge in [0.05, 0.1) is 31.6 Å². The number of ether oxygens (including phenoxy) is 6. The van der Waals surface area contributed by atoms with Gasteiger partial charge in [-0.2, -0.15) is 0 Å². The SMILES string of the molecule is C=CCOC(=O)N1c2cc(OC)c(OC)cc2C(=O)N2CC[C@H](OCC(=O)O)[C@H]2C1OC1CCCCO1. The van der Waals surface area contributed by atoms with Gasteiger partial charge in [0.1, 0.15) is 19.3 Å². The van der Waals surface area contributed by atoms with Gasteiger partial charge in [-0.25, -0.2) is 14.5 Å². The summed E-state index contributed by atoms with van der Waals surface area (Å²) in [4.78, 5) is 41.5. The van der Waals surface area contributed by atoms with Crippen molar-refractivity contribution < 1.29 is 47.9 Å². The van der Waals surface area contributed by atoms with E-state index in [-0.39, 0.29) is 30.3 Å². The lowest BCUT2D eigenvalue weighted by Crippen LogP contribution is -2.57. The Balaban J connectivity index is 1.86. The molecule has 0 radical (unpaired) electrons. The molecule has 0 saturated carbocycles. The molecule has 0 spiro atoms. The van der Waals surface area contributed by atoms with Crippen molar-refractivity contribution in [2.75, 3.05) is 45.5 Å². The van der Waals surface area contributed by atoms with Crippen LogP contribution in [0.1, 0.15) is 36.0 Å². The van der Waals surface area contributed by atoms with Crippen molar-refractivity contribution in [3.8, 4) is 11.5 Å². The number of fused-ring (bicyclic) bond motifs is 2. The zero-order valence-corrected chi connectivity index (χ0v) is 20.9. The van der Waals surface area contributed by atoms with E-state index in [2.05, 4.69) is 6.58 Å². The van der Waals surface area contributed by atoms with Crippen LogP contribution in [-0.4, -0.2) is 93.2 Å². The normalized spacial score (nSPS) is 25.1. The summed E-state index contributed by atoms with van der Waals surface area (Å²) in [6, 6.07) is 2.19. The van der Waals surface area contributed by atoms with Crippen LogP contribution in [0.3, 0.4) is 0 Å². The molecular weight excluding hydrogens is 488 g/mol. The first-order chi connectivity index (χ1) is 17.9. The van der Waals surface area contributed by atoms with Gasteiger partial charge in [0, 0.05) is 19.2 Å². The first-order valence-electron chi connectivity index (χ1n) is 12.1. The smallest absolute Gasteiger partial charge is 0.416 e. The molecule has 202 valence electrons. The van der Waals surface area contributed by atoms with Gasteiger partial charge >= 0.3 is 12.1 Å². The van der Waals surface area contributed by atoms with Crippen LogP contribution < -0.4 is 14.4 Å². The maximum Gasteiger partial charge on any atom is 0.416 e. The molecule has 2 unspecified atom stereocenters. The van der Waals surface area contributed by atoms with Gasteiger partial charge in [-0.05, 0) is 31.7 Å². The summed E-state index contributed by atoms with van der Waals surface area (Å²) >= 11 is 0. The zero-order valence-electron chi connectivity index (χ0n) is 20.9. The van der Waals surface area contributed by atoms with E-state index in [9.17, 15) is 19.5 Å². The Morgan fingerprint density at radius 3 is 2.59 bits per heavy atom. The number of amides is 2. The van der Waals surface area contributed by atoms with E-state index < -0.39 is 43.3 Å². The fraction of sp³-hybridized carbons (Fsp3) is 0.560. The molecule has 1 N–H and O–H groups in total. The van der Waals surface area contributed by atoms with Crippen molar-refractivity contribution in [3.63, 3.8) is 0 Å². The number of anilines is 1. The molecule has 3 aliphatic rings. The highest BCUT2D eigenvalue weighted by Gasteiger charge is 2.52. The van der Waals surface area contributed by atoms with E-state index in [1.54, 1.807) is 4.90 Å². The van der Waals surface area contributed by atoms with E-state index in [4.69, 9.17) is 28.4 Å². The second-order valence-corrected chi connectivity index (χ2v) is 8.80. The fourth-order valence-electron chi connectivity index (χ4n) is 4.92. The summed E-state index contributed by atoms with van der Waals surface area (Å²) in [6.45, 7) is 3.72. The summed E-state index contributed by atoms with van der Waals surface area (Å²) in [5.41, 5.74) is 0.372. The quantitative estimate of drug-likeness (QED) is 0.484.